The second-order valence-electron chi connectivity index (χ2n) is 5.34. The maximum atomic E-state index is 6.29. The Morgan fingerprint density at radius 1 is 0.957 bits per heavy atom. The van der Waals surface area contributed by atoms with Crippen molar-refractivity contribution in [2.45, 2.75) is 0 Å². The van der Waals surface area contributed by atoms with Gasteiger partial charge in [0.1, 0.15) is 0 Å². The molecule has 1 aromatic carbocycles. The van der Waals surface area contributed by atoms with Gasteiger partial charge in [-0.2, -0.15) is 9.97 Å². The molecule has 1 aliphatic heterocycles. The van der Waals surface area contributed by atoms with Crippen molar-refractivity contribution in [1.29, 1.82) is 0 Å². The molecule has 0 bridgehead atoms. The van der Waals surface area contributed by atoms with Crippen LogP contribution in [0.1, 0.15) is 0 Å². The van der Waals surface area contributed by atoms with Gasteiger partial charge in [0.05, 0.1) is 17.0 Å². The van der Waals surface area contributed by atoms with Gasteiger partial charge >= 0.3 is 0 Å². The first-order chi connectivity index (χ1) is 11.2. The van der Waals surface area contributed by atoms with E-state index in [-0.39, 0.29) is 5.28 Å². The van der Waals surface area contributed by atoms with Crippen LogP contribution in [0.3, 0.4) is 0 Å². The van der Waals surface area contributed by atoms with Crippen LogP contribution < -0.4 is 9.80 Å². The smallest absolute Gasteiger partial charge is 0.226 e. The Labute approximate surface area is 143 Å². The molecule has 4 rings (SSSR count). The van der Waals surface area contributed by atoms with Gasteiger partial charge in [0, 0.05) is 26.2 Å². The molecule has 118 valence electrons. The molecule has 1 N–H and O–H groups in total. The number of H-pyrrole nitrogens is 1. The van der Waals surface area contributed by atoms with Crippen LogP contribution in [0.2, 0.25) is 10.3 Å². The zero-order chi connectivity index (χ0) is 15.8. The van der Waals surface area contributed by atoms with Crippen molar-refractivity contribution in [3.8, 4) is 0 Å². The first-order valence-electron chi connectivity index (χ1n) is 7.33. The molecule has 0 atom stereocenters. The van der Waals surface area contributed by atoms with Crippen molar-refractivity contribution in [3.05, 3.63) is 40.9 Å². The summed E-state index contributed by atoms with van der Waals surface area (Å²) < 4.78 is 0. The Kier molecular flexibility index (Phi) is 3.71. The number of nitrogens with zero attached hydrogens (tertiary/aromatic N) is 5. The highest BCUT2D eigenvalue weighted by molar-refractivity contribution is 6.33. The van der Waals surface area contributed by atoms with Gasteiger partial charge in [-0.3, -0.25) is 0 Å². The Morgan fingerprint density at radius 2 is 1.70 bits per heavy atom. The van der Waals surface area contributed by atoms with Gasteiger partial charge in [0.25, 0.3) is 0 Å². The molecule has 2 aromatic heterocycles. The van der Waals surface area contributed by atoms with Gasteiger partial charge in [-0.1, -0.05) is 23.7 Å². The molecule has 23 heavy (non-hydrogen) atoms. The summed E-state index contributed by atoms with van der Waals surface area (Å²) in [6.07, 6.45) is 1.61. The van der Waals surface area contributed by atoms with E-state index < -0.39 is 0 Å². The molecular weight excluding hydrogens is 335 g/mol. The van der Waals surface area contributed by atoms with Crippen LogP contribution in [0.5, 0.6) is 0 Å². The van der Waals surface area contributed by atoms with Crippen LogP contribution in [-0.4, -0.2) is 46.1 Å². The molecule has 0 amide bonds. The van der Waals surface area contributed by atoms with Crippen molar-refractivity contribution < 1.29 is 0 Å². The van der Waals surface area contributed by atoms with Crippen molar-refractivity contribution in [3.63, 3.8) is 0 Å². The number of halogens is 2. The fraction of sp³-hybridized carbons (Fsp3) is 0.267. The lowest BCUT2D eigenvalue weighted by atomic mass is 10.2. The number of hydrogen-bond acceptors (Lipinski definition) is 5. The van der Waals surface area contributed by atoms with E-state index in [2.05, 4.69) is 29.7 Å². The number of fused-ring (bicyclic) bond motifs is 1. The Bertz CT molecular complexity index is 841. The molecular formula is C15H14Cl2N6. The first-order valence-corrected chi connectivity index (χ1v) is 8.09. The van der Waals surface area contributed by atoms with E-state index >= 15 is 0 Å². The molecule has 3 aromatic rings. The van der Waals surface area contributed by atoms with Gasteiger partial charge < -0.3 is 14.8 Å². The fourth-order valence-electron chi connectivity index (χ4n) is 2.88. The number of aromatic amines is 1. The molecule has 0 spiro atoms. The molecule has 0 aliphatic carbocycles. The summed E-state index contributed by atoms with van der Waals surface area (Å²) in [4.78, 5) is 20.3. The average molecular weight is 349 g/mol. The summed E-state index contributed by atoms with van der Waals surface area (Å²) in [6, 6.07) is 7.91. The lowest BCUT2D eigenvalue weighted by molar-refractivity contribution is 0.648. The number of imidazole rings is 1. The minimum atomic E-state index is 0.227. The Hall–Kier alpha value is -2.05. The van der Waals surface area contributed by atoms with E-state index in [1.54, 1.807) is 6.33 Å². The number of para-hydroxylation sites is 1. The highest BCUT2D eigenvalue weighted by atomic mass is 35.5. The van der Waals surface area contributed by atoms with Crippen molar-refractivity contribution in [2.24, 2.45) is 0 Å². The summed E-state index contributed by atoms with van der Waals surface area (Å²) in [5.41, 5.74) is 2.48. The second kappa shape index (κ2) is 5.86. The topological polar surface area (TPSA) is 60.9 Å². The van der Waals surface area contributed by atoms with Crippen LogP contribution in [-0.2, 0) is 0 Å². The third-order valence-electron chi connectivity index (χ3n) is 4.01. The molecule has 0 radical (unpaired) electrons. The van der Waals surface area contributed by atoms with Gasteiger partial charge in [-0.05, 0) is 23.7 Å². The normalized spacial score (nSPS) is 15.4. The summed E-state index contributed by atoms with van der Waals surface area (Å²) in [5.74, 6) is 0.778. The average Bonchev–Trinajstić information content (AvgIpc) is 3.03. The highest BCUT2D eigenvalue weighted by Gasteiger charge is 2.22. The number of anilines is 2. The SMILES string of the molecule is Clc1nc(N2CCN(c3ccccc3Cl)CC2)c2nc[nH]c2n1. The van der Waals surface area contributed by atoms with Crippen LogP contribution in [0, 0.1) is 0 Å². The summed E-state index contributed by atoms with van der Waals surface area (Å²) >= 11 is 12.3. The molecule has 8 heteroatoms. The first kappa shape index (κ1) is 14.5. The van der Waals surface area contributed by atoms with E-state index in [0.717, 1.165) is 48.2 Å². The minimum absolute atomic E-state index is 0.227. The van der Waals surface area contributed by atoms with Gasteiger partial charge in [0.2, 0.25) is 5.28 Å². The lowest BCUT2D eigenvalue weighted by Gasteiger charge is -2.37. The maximum Gasteiger partial charge on any atom is 0.226 e. The quantitative estimate of drug-likeness (QED) is 0.721. The van der Waals surface area contributed by atoms with Crippen LogP contribution in [0.25, 0.3) is 11.2 Å². The maximum absolute atomic E-state index is 6.29. The van der Waals surface area contributed by atoms with E-state index in [4.69, 9.17) is 23.2 Å². The standard InChI is InChI=1S/C15H14Cl2N6/c16-10-3-1-2-4-11(10)22-5-7-23(8-6-22)14-12-13(19-9-18-12)20-15(17)21-14/h1-4,9H,5-8H2,(H,18,19,20,21). The van der Waals surface area contributed by atoms with Crippen molar-refractivity contribution >= 4 is 45.9 Å². The van der Waals surface area contributed by atoms with Crippen molar-refractivity contribution in [1.82, 2.24) is 19.9 Å². The number of piperazine rings is 1. The summed E-state index contributed by atoms with van der Waals surface area (Å²) in [5, 5.41) is 1.01. The number of nitrogens with one attached hydrogen (secondary N) is 1. The van der Waals surface area contributed by atoms with E-state index in [1.807, 2.05) is 24.3 Å². The van der Waals surface area contributed by atoms with E-state index in [1.165, 1.54) is 0 Å². The monoisotopic (exact) mass is 348 g/mol. The number of benzene rings is 1. The van der Waals surface area contributed by atoms with E-state index in [9.17, 15) is 0 Å². The molecule has 1 fully saturated rings. The fourth-order valence-corrected chi connectivity index (χ4v) is 3.30. The Morgan fingerprint density at radius 3 is 2.48 bits per heavy atom. The number of rotatable bonds is 2. The third kappa shape index (κ3) is 2.68. The van der Waals surface area contributed by atoms with Crippen LogP contribution >= 0.6 is 23.2 Å². The van der Waals surface area contributed by atoms with Gasteiger partial charge in [-0.25, -0.2) is 4.98 Å². The molecule has 1 aliphatic rings. The summed E-state index contributed by atoms with van der Waals surface area (Å²) in [7, 11) is 0. The molecule has 0 unspecified atom stereocenters. The van der Waals surface area contributed by atoms with Gasteiger partial charge in [-0.15, -0.1) is 0 Å². The Balaban J connectivity index is 1.57. The second-order valence-corrected chi connectivity index (χ2v) is 6.09. The van der Waals surface area contributed by atoms with Crippen LogP contribution in [0.4, 0.5) is 11.5 Å². The number of aromatic nitrogens is 4. The number of hydrogen-bond donors (Lipinski definition) is 1. The predicted octanol–water partition coefficient (Wildman–Crippen LogP) is 2.99. The molecule has 1 saturated heterocycles. The van der Waals surface area contributed by atoms with Crippen LogP contribution in [0.15, 0.2) is 30.6 Å². The molecule has 6 nitrogen and oxygen atoms in total. The highest BCUT2D eigenvalue weighted by Crippen LogP contribution is 2.28. The van der Waals surface area contributed by atoms with Gasteiger partial charge in [0.15, 0.2) is 17.0 Å². The third-order valence-corrected chi connectivity index (χ3v) is 4.49. The zero-order valence-electron chi connectivity index (χ0n) is 12.2. The minimum Gasteiger partial charge on any atom is -0.367 e. The lowest BCUT2D eigenvalue weighted by Crippen LogP contribution is -2.47. The zero-order valence-corrected chi connectivity index (χ0v) is 13.7. The van der Waals surface area contributed by atoms with Crippen molar-refractivity contribution in [2.75, 3.05) is 36.0 Å². The predicted molar refractivity (Wildman–Crippen MR) is 92.6 cm³/mol. The molecule has 3 heterocycles. The molecule has 0 saturated carbocycles. The largest absolute Gasteiger partial charge is 0.367 e. The summed E-state index contributed by atoms with van der Waals surface area (Å²) in [6.45, 7) is 3.36. The van der Waals surface area contributed by atoms with E-state index in [0.29, 0.717) is 5.65 Å².